The second kappa shape index (κ2) is 3.04. The van der Waals surface area contributed by atoms with Gasteiger partial charge in [0.05, 0.1) is 6.20 Å². The number of nitrogens with two attached hydrogens (primary N) is 1. The second-order valence-corrected chi connectivity index (χ2v) is 2.11. The zero-order valence-electron chi connectivity index (χ0n) is 6.33. The van der Waals surface area contributed by atoms with E-state index in [1.807, 2.05) is 5.32 Å². The molecule has 0 radical (unpaired) electrons. The molecule has 3 amide bonds. The number of carbonyl (C=O) groups excluding carboxylic acids is 2. The molecule has 0 spiro atoms. The maximum Gasteiger partial charge on any atom is 0.319 e. The molecule has 0 saturated carbocycles. The van der Waals surface area contributed by atoms with Crippen LogP contribution in [0.5, 0.6) is 0 Å². The van der Waals surface area contributed by atoms with Gasteiger partial charge in [0, 0.05) is 0 Å². The Morgan fingerprint density at radius 2 is 2.33 bits per heavy atom. The van der Waals surface area contributed by atoms with Crippen molar-refractivity contribution in [3.63, 3.8) is 0 Å². The molecule has 0 saturated heterocycles. The first-order valence-corrected chi connectivity index (χ1v) is 3.13. The van der Waals surface area contributed by atoms with Crippen molar-refractivity contribution in [1.29, 1.82) is 0 Å². The van der Waals surface area contributed by atoms with Gasteiger partial charge in [-0.3, -0.25) is 10.1 Å². The summed E-state index contributed by atoms with van der Waals surface area (Å²) in [4.78, 5) is 21.3. The van der Waals surface area contributed by atoms with Gasteiger partial charge in [0.15, 0.2) is 0 Å². The van der Waals surface area contributed by atoms with E-state index in [0.29, 0.717) is 5.76 Å². The number of carbonyl (C=O) groups is 2. The number of nitrogens with zero attached hydrogens (tertiary/aromatic N) is 1. The number of hydrogen-bond acceptors (Lipinski definition) is 4. The van der Waals surface area contributed by atoms with E-state index in [9.17, 15) is 9.59 Å². The van der Waals surface area contributed by atoms with Crippen molar-refractivity contribution in [2.75, 3.05) is 0 Å². The Kier molecular flexibility index (Phi) is 2.09. The largest absolute Gasteiger partial charge is 0.361 e. The average molecular weight is 169 g/mol. The first-order valence-electron chi connectivity index (χ1n) is 3.13. The van der Waals surface area contributed by atoms with Gasteiger partial charge in [-0.2, -0.15) is 0 Å². The van der Waals surface area contributed by atoms with E-state index in [0.717, 1.165) is 0 Å². The quantitative estimate of drug-likeness (QED) is 0.607. The third-order valence-electron chi connectivity index (χ3n) is 1.23. The molecule has 1 rings (SSSR count). The Morgan fingerprint density at radius 3 is 2.75 bits per heavy atom. The highest BCUT2D eigenvalue weighted by molar-refractivity contribution is 6.04. The first kappa shape index (κ1) is 8.25. The molecule has 0 aliphatic heterocycles. The number of aryl methyl sites for hydroxylation is 1. The molecule has 6 nitrogen and oxygen atoms in total. The number of imide groups is 1. The maximum absolute atomic E-state index is 11.0. The molecule has 3 N–H and O–H groups in total. The molecule has 0 aliphatic carbocycles. The first-order chi connectivity index (χ1) is 5.61. The number of amides is 3. The molecule has 64 valence electrons. The molecular formula is C6H7N3O3. The van der Waals surface area contributed by atoms with E-state index in [-0.39, 0.29) is 5.56 Å². The summed E-state index contributed by atoms with van der Waals surface area (Å²) in [5, 5.41) is 5.25. The van der Waals surface area contributed by atoms with Gasteiger partial charge < -0.3 is 10.3 Å². The van der Waals surface area contributed by atoms with Crippen LogP contribution in [0.4, 0.5) is 4.79 Å². The van der Waals surface area contributed by atoms with E-state index in [2.05, 4.69) is 9.68 Å². The number of aromatic nitrogens is 1. The summed E-state index contributed by atoms with van der Waals surface area (Å²) in [7, 11) is 0. The number of hydrogen-bond donors (Lipinski definition) is 2. The predicted octanol–water partition coefficient (Wildman–Crippen LogP) is -0.208. The minimum Gasteiger partial charge on any atom is -0.361 e. The van der Waals surface area contributed by atoms with Gasteiger partial charge in [0.25, 0.3) is 5.91 Å². The fraction of sp³-hybridized carbons (Fsp3) is 0.167. The molecule has 12 heavy (non-hydrogen) atoms. The molecule has 0 bridgehead atoms. The van der Waals surface area contributed by atoms with Gasteiger partial charge >= 0.3 is 6.03 Å². The van der Waals surface area contributed by atoms with Crippen molar-refractivity contribution in [1.82, 2.24) is 10.5 Å². The minimum absolute atomic E-state index is 0.203. The third-order valence-corrected chi connectivity index (χ3v) is 1.23. The molecule has 1 aromatic heterocycles. The van der Waals surface area contributed by atoms with Crippen LogP contribution in [0.3, 0.4) is 0 Å². The third kappa shape index (κ3) is 1.60. The average Bonchev–Trinajstić information content (AvgIpc) is 2.33. The van der Waals surface area contributed by atoms with Gasteiger partial charge in [-0.25, -0.2) is 4.79 Å². The van der Waals surface area contributed by atoms with E-state index in [1.165, 1.54) is 6.20 Å². The van der Waals surface area contributed by atoms with Crippen molar-refractivity contribution in [2.24, 2.45) is 5.73 Å². The highest BCUT2D eigenvalue weighted by Gasteiger charge is 2.13. The monoisotopic (exact) mass is 169 g/mol. The zero-order valence-corrected chi connectivity index (χ0v) is 6.33. The lowest BCUT2D eigenvalue weighted by atomic mass is 10.2. The molecule has 0 fully saturated rings. The van der Waals surface area contributed by atoms with Gasteiger partial charge in [-0.1, -0.05) is 5.16 Å². The topological polar surface area (TPSA) is 98.2 Å². The summed E-state index contributed by atoms with van der Waals surface area (Å²) in [6.45, 7) is 1.56. The van der Waals surface area contributed by atoms with Crippen LogP contribution in [-0.2, 0) is 0 Å². The fourth-order valence-corrected chi connectivity index (χ4v) is 0.696. The summed E-state index contributed by atoms with van der Waals surface area (Å²) in [6.07, 6.45) is 1.22. The van der Waals surface area contributed by atoms with Crippen molar-refractivity contribution in [3.05, 3.63) is 17.5 Å². The van der Waals surface area contributed by atoms with E-state index in [4.69, 9.17) is 5.73 Å². The Balaban J connectivity index is 2.78. The van der Waals surface area contributed by atoms with Crippen LogP contribution >= 0.6 is 0 Å². The highest BCUT2D eigenvalue weighted by Crippen LogP contribution is 2.04. The molecule has 1 aromatic rings. The number of nitrogens with one attached hydrogen (secondary N) is 1. The van der Waals surface area contributed by atoms with E-state index >= 15 is 0 Å². The summed E-state index contributed by atoms with van der Waals surface area (Å²) < 4.78 is 4.60. The maximum atomic E-state index is 11.0. The predicted molar refractivity (Wildman–Crippen MR) is 38.3 cm³/mol. The lowest BCUT2D eigenvalue weighted by Gasteiger charge is -1.95. The van der Waals surface area contributed by atoms with Gasteiger partial charge in [-0.15, -0.1) is 0 Å². The Morgan fingerprint density at radius 1 is 1.67 bits per heavy atom. The highest BCUT2D eigenvalue weighted by atomic mass is 16.5. The van der Waals surface area contributed by atoms with Gasteiger partial charge in [0.1, 0.15) is 11.3 Å². The zero-order chi connectivity index (χ0) is 9.14. The normalized spacial score (nSPS) is 9.42. The van der Waals surface area contributed by atoms with Crippen LogP contribution in [0, 0.1) is 6.92 Å². The fourth-order valence-electron chi connectivity index (χ4n) is 0.696. The van der Waals surface area contributed by atoms with Gasteiger partial charge in [0.2, 0.25) is 0 Å². The summed E-state index contributed by atoms with van der Waals surface area (Å²) in [5.41, 5.74) is 4.93. The molecule has 0 aromatic carbocycles. The van der Waals surface area contributed by atoms with Crippen LogP contribution in [0.15, 0.2) is 10.7 Å². The molecular weight excluding hydrogens is 162 g/mol. The van der Waals surface area contributed by atoms with Crippen molar-refractivity contribution in [3.8, 4) is 0 Å². The van der Waals surface area contributed by atoms with Crippen molar-refractivity contribution in [2.45, 2.75) is 6.92 Å². The number of primary amides is 1. The van der Waals surface area contributed by atoms with E-state index in [1.54, 1.807) is 6.92 Å². The smallest absolute Gasteiger partial charge is 0.319 e. The Bertz CT molecular complexity index is 318. The second-order valence-electron chi connectivity index (χ2n) is 2.11. The molecule has 1 heterocycles. The van der Waals surface area contributed by atoms with Crippen molar-refractivity contribution >= 4 is 11.9 Å². The van der Waals surface area contributed by atoms with Crippen LogP contribution in [-0.4, -0.2) is 17.1 Å². The van der Waals surface area contributed by atoms with Crippen molar-refractivity contribution < 1.29 is 14.1 Å². The lowest BCUT2D eigenvalue weighted by Crippen LogP contribution is -2.35. The molecule has 0 aliphatic rings. The lowest BCUT2D eigenvalue weighted by molar-refractivity contribution is 0.0965. The molecule has 6 heteroatoms. The summed E-state index contributed by atoms with van der Waals surface area (Å²) in [5.74, 6) is -0.269. The van der Waals surface area contributed by atoms with Gasteiger partial charge in [-0.05, 0) is 6.92 Å². The Labute approximate surface area is 67.7 Å². The van der Waals surface area contributed by atoms with E-state index < -0.39 is 11.9 Å². The summed E-state index contributed by atoms with van der Waals surface area (Å²) >= 11 is 0. The van der Waals surface area contributed by atoms with Crippen LogP contribution in [0.1, 0.15) is 16.1 Å². The Hall–Kier alpha value is -1.85. The number of urea groups is 1. The van der Waals surface area contributed by atoms with Crippen LogP contribution in [0.2, 0.25) is 0 Å². The number of rotatable bonds is 1. The standard InChI is InChI=1S/C6H7N3O3/c1-3-4(2-8-12-3)5(10)9-6(7)11/h2H,1H3,(H3,7,9,10,11). The molecule has 0 atom stereocenters. The van der Waals surface area contributed by atoms with Crippen LogP contribution < -0.4 is 11.1 Å². The SMILES string of the molecule is Cc1oncc1C(=O)NC(N)=O. The summed E-state index contributed by atoms with van der Waals surface area (Å²) in [6, 6.07) is -0.902. The minimum atomic E-state index is -0.902. The molecule has 0 unspecified atom stereocenters. The van der Waals surface area contributed by atoms with Crippen LogP contribution in [0.25, 0.3) is 0 Å².